The van der Waals surface area contributed by atoms with E-state index in [0.717, 1.165) is 25.9 Å². The van der Waals surface area contributed by atoms with Gasteiger partial charge in [-0.25, -0.2) is 0 Å². The summed E-state index contributed by atoms with van der Waals surface area (Å²) >= 11 is 1.92. The summed E-state index contributed by atoms with van der Waals surface area (Å²) in [6.45, 7) is 10.2. The Labute approximate surface area is 111 Å². The summed E-state index contributed by atoms with van der Waals surface area (Å²) in [5, 5.41) is 6.30. The van der Waals surface area contributed by atoms with Gasteiger partial charge < -0.3 is 10.6 Å². The molecule has 0 saturated heterocycles. The summed E-state index contributed by atoms with van der Waals surface area (Å²) < 4.78 is 0.328. The van der Waals surface area contributed by atoms with E-state index in [1.54, 1.807) is 0 Å². The van der Waals surface area contributed by atoms with E-state index in [1.165, 1.54) is 0 Å². The van der Waals surface area contributed by atoms with Crippen molar-refractivity contribution in [3.05, 3.63) is 0 Å². The first kappa shape index (κ1) is 16.8. The molecule has 0 aliphatic carbocycles. The van der Waals surface area contributed by atoms with Crippen molar-refractivity contribution in [2.24, 2.45) is 0 Å². The fraction of sp³-hybridized carbons (Fsp3) is 0.923. The Morgan fingerprint density at radius 3 is 2.29 bits per heavy atom. The molecule has 0 spiro atoms. The SMILES string of the molecule is CCC(CC)(CNCCC(=O)NC(C)C)SC. The van der Waals surface area contributed by atoms with Gasteiger partial charge in [-0.3, -0.25) is 4.79 Å². The highest BCUT2D eigenvalue weighted by Crippen LogP contribution is 2.29. The van der Waals surface area contributed by atoms with E-state index in [9.17, 15) is 4.79 Å². The lowest BCUT2D eigenvalue weighted by Gasteiger charge is -2.30. The maximum Gasteiger partial charge on any atom is 0.221 e. The van der Waals surface area contributed by atoms with E-state index in [4.69, 9.17) is 0 Å². The second-order valence-corrected chi connectivity index (χ2v) is 6.02. The van der Waals surface area contributed by atoms with Crippen molar-refractivity contribution in [2.75, 3.05) is 19.3 Å². The first-order chi connectivity index (χ1) is 7.99. The lowest BCUT2D eigenvalue weighted by molar-refractivity contribution is -0.121. The zero-order chi connectivity index (χ0) is 13.3. The molecule has 0 aromatic carbocycles. The molecule has 0 radical (unpaired) electrons. The topological polar surface area (TPSA) is 41.1 Å². The van der Waals surface area contributed by atoms with Gasteiger partial charge in [0.15, 0.2) is 0 Å². The van der Waals surface area contributed by atoms with Crippen molar-refractivity contribution in [3.8, 4) is 0 Å². The number of amides is 1. The Balaban J connectivity index is 3.79. The number of hydrogen-bond donors (Lipinski definition) is 2. The number of nitrogens with one attached hydrogen (secondary N) is 2. The van der Waals surface area contributed by atoms with Gasteiger partial charge in [0.2, 0.25) is 5.91 Å². The summed E-state index contributed by atoms with van der Waals surface area (Å²) in [5.74, 6) is 0.134. The molecule has 17 heavy (non-hydrogen) atoms. The molecule has 0 rings (SSSR count). The molecule has 0 unspecified atom stereocenters. The third-order valence-corrected chi connectivity index (χ3v) is 4.74. The van der Waals surface area contributed by atoms with Crippen LogP contribution in [0, 0.1) is 0 Å². The molecule has 0 fully saturated rings. The van der Waals surface area contributed by atoms with E-state index in [-0.39, 0.29) is 11.9 Å². The maximum absolute atomic E-state index is 11.4. The smallest absolute Gasteiger partial charge is 0.221 e. The molecule has 0 aliphatic heterocycles. The third kappa shape index (κ3) is 6.94. The van der Waals surface area contributed by atoms with E-state index < -0.39 is 0 Å². The molecule has 0 atom stereocenters. The molecule has 1 amide bonds. The van der Waals surface area contributed by atoms with E-state index in [1.807, 2.05) is 25.6 Å². The Bertz CT molecular complexity index is 207. The van der Waals surface area contributed by atoms with Crippen LogP contribution in [0.5, 0.6) is 0 Å². The van der Waals surface area contributed by atoms with Crippen molar-refractivity contribution < 1.29 is 4.79 Å². The predicted molar refractivity (Wildman–Crippen MR) is 77.6 cm³/mol. The highest BCUT2D eigenvalue weighted by Gasteiger charge is 2.23. The second kappa shape index (κ2) is 8.81. The average molecular weight is 260 g/mol. The van der Waals surface area contributed by atoms with Crippen LogP contribution in [0.3, 0.4) is 0 Å². The van der Waals surface area contributed by atoms with Crippen LogP contribution in [-0.4, -0.2) is 36.0 Å². The molecule has 4 heteroatoms. The Morgan fingerprint density at radius 2 is 1.88 bits per heavy atom. The Kier molecular flexibility index (Phi) is 8.70. The molecule has 2 N–H and O–H groups in total. The standard InChI is InChI=1S/C13H28N2OS/c1-6-13(7-2,17-5)10-14-9-8-12(16)15-11(3)4/h11,14H,6-10H2,1-5H3,(H,15,16). The third-order valence-electron chi connectivity index (χ3n) is 3.15. The summed E-state index contributed by atoms with van der Waals surface area (Å²) in [6.07, 6.45) is 5.06. The van der Waals surface area contributed by atoms with Crippen molar-refractivity contribution >= 4 is 17.7 Å². The monoisotopic (exact) mass is 260 g/mol. The van der Waals surface area contributed by atoms with Crippen LogP contribution in [0.15, 0.2) is 0 Å². The van der Waals surface area contributed by atoms with Crippen LogP contribution in [-0.2, 0) is 4.79 Å². The van der Waals surface area contributed by atoms with Crippen LogP contribution in [0.25, 0.3) is 0 Å². The largest absolute Gasteiger partial charge is 0.354 e. The molecular formula is C13H28N2OS. The van der Waals surface area contributed by atoms with Gasteiger partial charge in [0.25, 0.3) is 0 Å². The molecule has 0 saturated carbocycles. The minimum absolute atomic E-state index is 0.134. The highest BCUT2D eigenvalue weighted by molar-refractivity contribution is 8.00. The zero-order valence-corrected chi connectivity index (χ0v) is 12.7. The van der Waals surface area contributed by atoms with Crippen LogP contribution in [0.2, 0.25) is 0 Å². The molecule has 3 nitrogen and oxygen atoms in total. The van der Waals surface area contributed by atoms with Gasteiger partial charge in [-0.1, -0.05) is 13.8 Å². The van der Waals surface area contributed by atoms with Gasteiger partial charge in [0, 0.05) is 30.3 Å². The van der Waals surface area contributed by atoms with Crippen LogP contribution in [0.1, 0.15) is 47.0 Å². The number of hydrogen-bond acceptors (Lipinski definition) is 3. The Hall–Kier alpha value is -0.220. The minimum Gasteiger partial charge on any atom is -0.354 e. The lowest BCUT2D eigenvalue weighted by Crippen LogP contribution is -2.39. The minimum atomic E-state index is 0.134. The number of carbonyl (C=O) groups is 1. The summed E-state index contributed by atoms with van der Waals surface area (Å²) in [4.78, 5) is 11.4. The maximum atomic E-state index is 11.4. The summed E-state index contributed by atoms with van der Waals surface area (Å²) in [6, 6.07) is 0.235. The molecule has 0 heterocycles. The molecular weight excluding hydrogens is 232 g/mol. The van der Waals surface area contributed by atoms with E-state index in [2.05, 4.69) is 30.7 Å². The van der Waals surface area contributed by atoms with Crippen LogP contribution >= 0.6 is 11.8 Å². The van der Waals surface area contributed by atoms with Crippen molar-refractivity contribution in [1.29, 1.82) is 0 Å². The van der Waals surface area contributed by atoms with Gasteiger partial charge in [-0.15, -0.1) is 0 Å². The quantitative estimate of drug-likeness (QED) is 0.626. The number of carbonyl (C=O) groups excluding carboxylic acids is 1. The van der Waals surface area contributed by atoms with Gasteiger partial charge >= 0.3 is 0 Å². The van der Waals surface area contributed by atoms with Crippen LogP contribution in [0.4, 0.5) is 0 Å². The molecule has 0 bridgehead atoms. The fourth-order valence-corrected chi connectivity index (χ4v) is 2.60. The van der Waals surface area contributed by atoms with E-state index >= 15 is 0 Å². The zero-order valence-electron chi connectivity index (χ0n) is 11.9. The van der Waals surface area contributed by atoms with Gasteiger partial charge in [0.05, 0.1) is 0 Å². The normalized spacial score (nSPS) is 11.9. The summed E-state index contributed by atoms with van der Waals surface area (Å²) in [7, 11) is 0. The first-order valence-electron chi connectivity index (χ1n) is 6.55. The van der Waals surface area contributed by atoms with Gasteiger partial charge in [-0.05, 0) is 32.9 Å². The van der Waals surface area contributed by atoms with Gasteiger partial charge in [0.1, 0.15) is 0 Å². The number of thioether (sulfide) groups is 1. The van der Waals surface area contributed by atoms with Gasteiger partial charge in [-0.2, -0.15) is 11.8 Å². The number of rotatable bonds is 9. The lowest BCUT2D eigenvalue weighted by atomic mass is 10.0. The predicted octanol–water partition coefficient (Wildman–Crippen LogP) is 2.41. The summed E-state index contributed by atoms with van der Waals surface area (Å²) in [5.41, 5.74) is 0. The molecule has 0 aliphatic rings. The van der Waals surface area contributed by atoms with E-state index in [0.29, 0.717) is 11.2 Å². The molecule has 0 aromatic rings. The highest BCUT2D eigenvalue weighted by atomic mass is 32.2. The van der Waals surface area contributed by atoms with Crippen LogP contribution < -0.4 is 10.6 Å². The average Bonchev–Trinajstić information content (AvgIpc) is 2.29. The molecule has 102 valence electrons. The Morgan fingerprint density at radius 1 is 1.29 bits per heavy atom. The van der Waals surface area contributed by atoms with Crippen molar-refractivity contribution in [1.82, 2.24) is 10.6 Å². The van der Waals surface area contributed by atoms with Crippen molar-refractivity contribution in [3.63, 3.8) is 0 Å². The fourth-order valence-electron chi connectivity index (χ4n) is 1.77. The van der Waals surface area contributed by atoms with Crippen molar-refractivity contribution in [2.45, 2.75) is 57.7 Å². The second-order valence-electron chi connectivity index (χ2n) is 4.74. The first-order valence-corrected chi connectivity index (χ1v) is 7.77. The molecule has 0 aromatic heterocycles.